The zero-order chi connectivity index (χ0) is 15.4. The molecule has 0 fully saturated rings. The third kappa shape index (κ3) is 2.91. The number of nitrogen functional groups attached to an aromatic ring is 1. The minimum atomic E-state index is -0.306. The molecule has 21 heavy (non-hydrogen) atoms. The van der Waals surface area contributed by atoms with E-state index in [1.54, 1.807) is 47.4 Å². The number of amides is 1. The fourth-order valence-electron chi connectivity index (χ4n) is 2.14. The number of phenols is 1. The molecule has 0 heterocycles. The molecule has 0 unspecified atom stereocenters. The Labute approximate surface area is 123 Å². The minimum absolute atomic E-state index is 0.160. The molecule has 110 valence electrons. The Kier molecular flexibility index (Phi) is 4.33. The first-order valence-electron chi connectivity index (χ1n) is 6.61. The number of anilines is 2. The van der Waals surface area contributed by atoms with E-state index in [9.17, 15) is 9.90 Å². The van der Waals surface area contributed by atoms with E-state index in [0.717, 1.165) is 0 Å². The van der Waals surface area contributed by atoms with E-state index in [1.165, 1.54) is 7.11 Å². The van der Waals surface area contributed by atoms with Gasteiger partial charge in [-0.1, -0.05) is 12.1 Å². The normalized spacial score (nSPS) is 10.2. The van der Waals surface area contributed by atoms with Gasteiger partial charge in [0.05, 0.1) is 12.7 Å². The van der Waals surface area contributed by atoms with Gasteiger partial charge in [-0.15, -0.1) is 0 Å². The zero-order valence-corrected chi connectivity index (χ0v) is 12.0. The Hall–Kier alpha value is -2.69. The van der Waals surface area contributed by atoms with Crippen molar-refractivity contribution >= 4 is 17.3 Å². The number of hydrogen-bond acceptors (Lipinski definition) is 4. The van der Waals surface area contributed by atoms with Crippen LogP contribution in [-0.4, -0.2) is 24.7 Å². The monoisotopic (exact) mass is 286 g/mol. The van der Waals surface area contributed by atoms with E-state index < -0.39 is 0 Å². The molecule has 2 aromatic carbocycles. The first-order valence-corrected chi connectivity index (χ1v) is 6.61. The lowest BCUT2D eigenvalue weighted by molar-refractivity contribution is 0.0985. The van der Waals surface area contributed by atoms with E-state index >= 15 is 0 Å². The number of methoxy groups -OCH3 is 1. The minimum Gasteiger partial charge on any atom is -0.504 e. The Morgan fingerprint density at radius 3 is 2.62 bits per heavy atom. The van der Waals surface area contributed by atoms with Gasteiger partial charge >= 0.3 is 0 Å². The number of ether oxygens (including phenoxy) is 1. The number of para-hydroxylation sites is 1. The Balaban J connectivity index is 2.42. The van der Waals surface area contributed by atoms with Crippen molar-refractivity contribution in [1.29, 1.82) is 0 Å². The van der Waals surface area contributed by atoms with Crippen molar-refractivity contribution in [3.63, 3.8) is 0 Å². The van der Waals surface area contributed by atoms with E-state index in [1.807, 2.05) is 6.92 Å². The van der Waals surface area contributed by atoms with Crippen LogP contribution in [0.2, 0.25) is 0 Å². The number of aromatic hydroxyl groups is 1. The third-order valence-electron chi connectivity index (χ3n) is 3.19. The molecule has 2 aromatic rings. The predicted molar refractivity (Wildman–Crippen MR) is 82.9 cm³/mol. The summed E-state index contributed by atoms with van der Waals surface area (Å²) >= 11 is 0. The lowest BCUT2D eigenvalue weighted by Crippen LogP contribution is -2.30. The molecule has 0 atom stereocenters. The van der Waals surface area contributed by atoms with Crippen LogP contribution in [-0.2, 0) is 0 Å². The van der Waals surface area contributed by atoms with Crippen molar-refractivity contribution in [2.24, 2.45) is 0 Å². The number of nitrogens with zero attached hydrogens (tertiary/aromatic N) is 1. The van der Waals surface area contributed by atoms with Crippen LogP contribution in [0.4, 0.5) is 11.4 Å². The molecule has 3 N–H and O–H groups in total. The van der Waals surface area contributed by atoms with Gasteiger partial charge in [-0.25, -0.2) is 0 Å². The van der Waals surface area contributed by atoms with Crippen LogP contribution >= 0.6 is 0 Å². The highest BCUT2D eigenvalue weighted by molar-refractivity contribution is 6.08. The number of phenolic OH excluding ortho intramolecular Hbond substituents is 1. The van der Waals surface area contributed by atoms with E-state index in [4.69, 9.17) is 10.5 Å². The van der Waals surface area contributed by atoms with Gasteiger partial charge in [-0.05, 0) is 37.3 Å². The van der Waals surface area contributed by atoms with Crippen molar-refractivity contribution in [1.82, 2.24) is 0 Å². The maximum absolute atomic E-state index is 12.6. The summed E-state index contributed by atoms with van der Waals surface area (Å²) in [6, 6.07) is 11.9. The summed E-state index contributed by atoms with van der Waals surface area (Å²) in [4.78, 5) is 14.2. The Morgan fingerprint density at radius 1 is 1.29 bits per heavy atom. The zero-order valence-electron chi connectivity index (χ0n) is 12.0. The molecule has 0 aliphatic heterocycles. The highest BCUT2D eigenvalue weighted by Gasteiger charge is 2.21. The summed E-state index contributed by atoms with van der Waals surface area (Å²) in [5, 5.41) is 10.1. The Bertz CT molecular complexity index is 656. The number of nitrogens with two attached hydrogens (primary N) is 1. The topological polar surface area (TPSA) is 75.8 Å². The molecular formula is C16H18N2O3. The molecule has 2 rings (SSSR count). The van der Waals surface area contributed by atoms with Crippen molar-refractivity contribution in [2.45, 2.75) is 6.92 Å². The lowest BCUT2D eigenvalue weighted by atomic mass is 10.1. The summed E-state index contributed by atoms with van der Waals surface area (Å²) < 4.78 is 5.03. The molecule has 0 saturated carbocycles. The molecule has 5 nitrogen and oxygen atoms in total. The van der Waals surface area contributed by atoms with Crippen molar-refractivity contribution in [3.05, 3.63) is 48.0 Å². The fourth-order valence-corrected chi connectivity index (χ4v) is 2.14. The van der Waals surface area contributed by atoms with E-state index in [2.05, 4.69) is 0 Å². The molecule has 0 spiro atoms. The molecule has 0 saturated heterocycles. The smallest absolute Gasteiger partial charge is 0.262 e. The predicted octanol–water partition coefficient (Wildman–Crippen LogP) is 2.65. The quantitative estimate of drug-likeness (QED) is 0.847. The second-order valence-electron chi connectivity index (χ2n) is 4.50. The van der Waals surface area contributed by atoms with Crippen molar-refractivity contribution in [2.75, 3.05) is 24.3 Å². The van der Waals surface area contributed by atoms with E-state index in [0.29, 0.717) is 17.9 Å². The molecular weight excluding hydrogens is 268 g/mol. The molecule has 0 aliphatic rings. The van der Waals surface area contributed by atoms with Gasteiger partial charge in [-0.3, -0.25) is 4.79 Å². The number of rotatable bonds is 4. The molecule has 1 amide bonds. The molecule has 0 bridgehead atoms. The second-order valence-corrected chi connectivity index (χ2v) is 4.50. The summed E-state index contributed by atoms with van der Waals surface area (Å²) in [6.45, 7) is 2.32. The van der Waals surface area contributed by atoms with Crippen LogP contribution in [0.1, 0.15) is 17.3 Å². The number of carbonyl (C=O) groups is 1. The second kappa shape index (κ2) is 6.17. The number of benzene rings is 2. The van der Waals surface area contributed by atoms with Crippen LogP contribution in [0.5, 0.6) is 11.5 Å². The maximum Gasteiger partial charge on any atom is 0.262 e. The van der Waals surface area contributed by atoms with Crippen molar-refractivity contribution < 1.29 is 14.6 Å². The van der Waals surface area contributed by atoms with Crippen LogP contribution in [0.3, 0.4) is 0 Å². The van der Waals surface area contributed by atoms with E-state index in [-0.39, 0.29) is 23.0 Å². The standard InChI is InChI=1S/C16H18N2O3/c1-3-18(12-7-4-6-11(17)10-12)16(20)13-8-5-9-14(21-2)15(13)19/h4-10,19H,3,17H2,1-2H3. The first kappa shape index (κ1) is 14.7. The van der Waals surface area contributed by atoms with Gasteiger partial charge in [0.2, 0.25) is 0 Å². The largest absolute Gasteiger partial charge is 0.504 e. The summed E-state index contributed by atoms with van der Waals surface area (Å²) in [5.74, 6) is -0.198. The fraction of sp³-hybridized carbons (Fsp3) is 0.188. The molecule has 5 heteroatoms. The summed E-state index contributed by atoms with van der Waals surface area (Å²) in [5.41, 5.74) is 7.21. The Morgan fingerprint density at radius 2 is 2.00 bits per heavy atom. The van der Waals surface area contributed by atoms with Gasteiger partial charge in [0.1, 0.15) is 0 Å². The van der Waals surface area contributed by atoms with Gasteiger partial charge in [-0.2, -0.15) is 0 Å². The van der Waals surface area contributed by atoms with Crippen LogP contribution < -0.4 is 15.4 Å². The number of carbonyl (C=O) groups excluding carboxylic acids is 1. The average Bonchev–Trinajstić information content (AvgIpc) is 2.48. The van der Waals surface area contributed by atoms with Gasteiger partial charge in [0.15, 0.2) is 11.5 Å². The van der Waals surface area contributed by atoms with Gasteiger partial charge in [0, 0.05) is 17.9 Å². The van der Waals surface area contributed by atoms with Crippen molar-refractivity contribution in [3.8, 4) is 11.5 Å². The molecule has 0 aliphatic carbocycles. The number of hydrogen-bond donors (Lipinski definition) is 2. The highest BCUT2D eigenvalue weighted by atomic mass is 16.5. The highest BCUT2D eigenvalue weighted by Crippen LogP contribution is 2.31. The van der Waals surface area contributed by atoms with Gasteiger partial charge in [0.25, 0.3) is 5.91 Å². The van der Waals surface area contributed by atoms with Crippen LogP contribution in [0, 0.1) is 0 Å². The first-order chi connectivity index (χ1) is 10.1. The lowest BCUT2D eigenvalue weighted by Gasteiger charge is -2.22. The third-order valence-corrected chi connectivity index (χ3v) is 3.19. The summed E-state index contributed by atoms with van der Waals surface area (Å²) in [7, 11) is 1.44. The SMILES string of the molecule is CCN(C(=O)c1cccc(OC)c1O)c1cccc(N)c1. The van der Waals surface area contributed by atoms with Gasteiger partial charge < -0.3 is 20.5 Å². The average molecular weight is 286 g/mol. The van der Waals surface area contributed by atoms with Crippen LogP contribution in [0.15, 0.2) is 42.5 Å². The molecule has 0 radical (unpaired) electrons. The summed E-state index contributed by atoms with van der Waals surface area (Å²) in [6.07, 6.45) is 0. The molecule has 0 aromatic heterocycles. The van der Waals surface area contributed by atoms with Crippen LogP contribution in [0.25, 0.3) is 0 Å². The maximum atomic E-state index is 12.6.